The Balaban J connectivity index is 2.02. The second kappa shape index (κ2) is 7.35. The summed E-state index contributed by atoms with van der Waals surface area (Å²) in [6.45, 7) is 3.84. The highest BCUT2D eigenvalue weighted by molar-refractivity contribution is 5.90. The van der Waals surface area contributed by atoms with Crippen LogP contribution in [0.25, 0.3) is 5.69 Å². The molecule has 0 aliphatic carbocycles. The lowest BCUT2D eigenvalue weighted by atomic mass is 10.3. The number of ether oxygens (including phenoxy) is 1. The van der Waals surface area contributed by atoms with Crippen molar-refractivity contribution in [3.05, 3.63) is 41.7 Å². The summed E-state index contributed by atoms with van der Waals surface area (Å²) in [6.07, 6.45) is 0.824. The molecule has 1 heterocycles. The van der Waals surface area contributed by atoms with Gasteiger partial charge in [0.1, 0.15) is 0 Å². The molecule has 0 atom stereocenters. The van der Waals surface area contributed by atoms with Crippen LogP contribution in [-0.4, -0.2) is 40.0 Å². The molecule has 0 aliphatic rings. The molecule has 0 saturated carbocycles. The van der Waals surface area contributed by atoms with Crippen LogP contribution < -0.4 is 5.32 Å². The van der Waals surface area contributed by atoms with Gasteiger partial charge in [0.25, 0.3) is 5.91 Å². The molecule has 1 aromatic carbocycles. The Morgan fingerprint density at radius 1 is 1.23 bits per heavy atom. The standard InChI is InChI=1S/C15H18N4O3/c1-3-9-16-13(20)10-22-15(21)14-11(2)17-19(18-14)12-7-5-4-6-8-12/h4-8H,3,9-10H2,1-2H3,(H,16,20). The molecule has 1 aromatic heterocycles. The van der Waals surface area contributed by atoms with Crippen molar-refractivity contribution < 1.29 is 14.3 Å². The molecule has 0 radical (unpaired) electrons. The predicted molar refractivity (Wildman–Crippen MR) is 79.7 cm³/mol. The van der Waals surface area contributed by atoms with Crippen molar-refractivity contribution in [3.63, 3.8) is 0 Å². The van der Waals surface area contributed by atoms with E-state index < -0.39 is 5.97 Å². The van der Waals surface area contributed by atoms with Gasteiger partial charge < -0.3 is 10.1 Å². The molecule has 0 spiro atoms. The lowest BCUT2D eigenvalue weighted by Crippen LogP contribution is -2.29. The van der Waals surface area contributed by atoms with E-state index in [4.69, 9.17) is 4.74 Å². The van der Waals surface area contributed by atoms with Crippen molar-refractivity contribution >= 4 is 11.9 Å². The fourth-order valence-electron chi connectivity index (χ4n) is 1.76. The lowest BCUT2D eigenvalue weighted by molar-refractivity contribution is -0.124. The van der Waals surface area contributed by atoms with Gasteiger partial charge in [-0.3, -0.25) is 4.79 Å². The SMILES string of the molecule is CCCNC(=O)COC(=O)c1nn(-c2ccccc2)nc1C. The van der Waals surface area contributed by atoms with E-state index in [1.165, 1.54) is 4.80 Å². The van der Waals surface area contributed by atoms with Gasteiger partial charge in [-0.2, -0.15) is 9.90 Å². The highest BCUT2D eigenvalue weighted by Gasteiger charge is 2.18. The topological polar surface area (TPSA) is 86.1 Å². The smallest absolute Gasteiger partial charge is 0.361 e. The van der Waals surface area contributed by atoms with Crippen LogP contribution >= 0.6 is 0 Å². The number of benzene rings is 1. The fourth-order valence-corrected chi connectivity index (χ4v) is 1.76. The van der Waals surface area contributed by atoms with E-state index >= 15 is 0 Å². The molecular weight excluding hydrogens is 284 g/mol. The first-order valence-electron chi connectivity index (χ1n) is 7.05. The van der Waals surface area contributed by atoms with Crippen molar-refractivity contribution in [2.24, 2.45) is 0 Å². The van der Waals surface area contributed by atoms with Crippen molar-refractivity contribution in [2.45, 2.75) is 20.3 Å². The van der Waals surface area contributed by atoms with Gasteiger partial charge in [-0.05, 0) is 25.5 Å². The Morgan fingerprint density at radius 3 is 2.64 bits per heavy atom. The molecule has 2 rings (SSSR count). The molecule has 0 aliphatic heterocycles. The first-order chi connectivity index (χ1) is 10.6. The summed E-state index contributed by atoms with van der Waals surface area (Å²) in [5.41, 5.74) is 1.29. The average molecular weight is 302 g/mol. The number of rotatable bonds is 6. The number of nitrogens with zero attached hydrogens (tertiary/aromatic N) is 3. The maximum atomic E-state index is 12.0. The van der Waals surface area contributed by atoms with Gasteiger partial charge in [0.2, 0.25) is 0 Å². The molecule has 22 heavy (non-hydrogen) atoms. The van der Waals surface area contributed by atoms with Crippen LogP contribution in [-0.2, 0) is 9.53 Å². The van der Waals surface area contributed by atoms with Gasteiger partial charge in [0.05, 0.1) is 11.4 Å². The molecule has 0 bridgehead atoms. The highest BCUT2D eigenvalue weighted by Crippen LogP contribution is 2.09. The maximum absolute atomic E-state index is 12.0. The van der Waals surface area contributed by atoms with Gasteiger partial charge in [-0.1, -0.05) is 25.1 Å². The normalized spacial score (nSPS) is 10.3. The third-order valence-electron chi connectivity index (χ3n) is 2.87. The van der Waals surface area contributed by atoms with Gasteiger partial charge in [0, 0.05) is 6.54 Å². The molecule has 1 amide bonds. The molecular formula is C15H18N4O3. The van der Waals surface area contributed by atoms with Gasteiger partial charge in [0.15, 0.2) is 12.3 Å². The molecule has 116 valence electrons. The molecule has 0 saturated heterocycles. The molecule has 7 heteroatoms. The Bertz CT molecular complexity index is 652. The molecule has 1 N–H and O–H groups in total. The summed E-state index contributed by atoms with van der Waals surface area (Å²) >= 11 is 0. The summed E-state index contributed by atoms with van der Waals surface area (Å²) in [4.78, 5) is 24.8. The quantitative estimate of drug-likeness (QED) is 0.812. The predicted octanol–water partition coefficient (Wildman–Crippen LogP) is 1.26. The summed E-state index contributed by atoms with van der Waals surface area (Å²) in [6, 6.07) is 9.23. The van der Waals surface area contributed by atoms with Gasteiger partial charge in [-0.25, -0.2) is 4.79 Å². The van der Waals surface area contributed by atoms with E-state index in [1.807, 2.05) is 37.3 Å². The van der Waals surface area contributed by atoms with E-state index in [-0.39, 0.29) is 18.2 Å². The van der Waals surface area contributed by atoms with Crippen LogP contribution in [0.15, 0.2) is 30.3 Å². The van der Waals surface area contributed by atoms with E-state index in [1.54, 1.807) is 6.92 Å². The second-order valence-corrected chi connectivity index (χ2v) is 4.69. The van der Waals surface area contributed by atoms with Crippen LogP contribution in [0, 0.1) is 6.92 Å². The number of amides is 1. The van der Waals surface area contributed by atoms with E-state index in [0.717, 1.165) is 12.1 Å². The third-order valence-corrected chi connectivity index (χ3v) is 2.87. The van der Waals surface area contributed by atoms with Crippen LogP contribution in [0.1, 0.15) is 29.5 Å². The fraction of sp³-hybridized carbons (Fsp3) is 0.333. The Labute approximate surface area is 128 Å². The van der Waals surface area contributed by atoms with Crippen molar-refractivity contribution in [1.29, 1.82) is 0 Å². The van der Waals surface area contributed by atoms with Crippen LogP contribution in [0.3, 0.4) is 0 Å². The summed E-state index contributed by atoms with van der Waals surface area (Å²) < 4.78 is 4.95. The van der Waals surface area contributed by atoms with E-state index in [2.05, 4.69) is 15.5 Å². The highest BCUT2D eigenvalue weighted by atomic mass is 16.5. The summed E-state index contributed by atoms with van der Waals surface area (Å²) in [5, 5.41) is 10.9. The van der Waals surface area contributed by atoms with Crippen molar-refractivity contribution in [2.75, 3.05) is 13.2 Å². The molecule has 0 unspecified atom stereocenters. The first-order valence-corrected chi connectivity index (χ1v) is 7.05. The second-order valence-electron chi connectivity index (χ2n) is 4.69. The van der Waals surface area contributed by atoms with E-state index in [0.29, 0.717) is 12.2 Å². The average Bonchev–Trinajstić information content (AvgIpc) is 2.93. The van der Waals surface area contributed by atoms with E-state index in [9.17, 15) is 9.59 Å². The Morgan fingerprint density at radius 2 is 1.95 bits per heavy atom. The summed E-state index contributed by atoms with van der Waals surface area (Å²) in [5.74, 6) is -0.991. The lowest BCUT2D eigenvalue weighted by Gasteiger charge is -2.04. The Hall–Kier alpha value is -2.70. The molecule has 2 aromatic rings. The Kier molecular flexibility index (Phi) is 5.24. The minimum Gasteiger partial charge on any atom is -0.451 e. The maximum Gasteiger partial charge on any atom is 0.361 e. The monoisotopic (exact) mass is 302 g/mol. The number of aromatic nitrogens is 3. The van der Waals surface area contributed by atoms with Gasteiger partial charge >= 0.3 is 5.97 Å². The van der Waals surface area contributed by atoms with Gasteiger partial charge in [-0.15, -0.1) is 5.10 Å². The zero-order valence-corrected chi connectivity index (χ0v) is 12.6. The minimum absolute atomic E-state index is 0.104. The third kappa shape index (κ3) is 3.91. The number of hydrogen-bond acceptors (Lipinski definition) is 5. The number of aryl methyl sites for hydroxylation is 1. The number of esters is 1. The largest absolute Gasteiger partial charge is 0.451 e. The zero-order chi connectivity index (χ0) is 15.9. The van der Waals surface area contributed by atoms with Crippen LogP contribution in [0.2, 0.25) is 0 Å². The number of carbonyl (C=O) groups is 2. The van der Waals surface area contributed by atoms with Crippen LogP contribution in [0.5, 0.6) is 0 Å². The number of carbonyl (C=O) groups excluding carboxylic acids is 2. The molecule has 7 nitrogen and oxygen atoms in total. The number of para-hydroxylation sites is 1. The van der Waals surface area contributed by atoms with Crippen molar-refractivity contribution in [3.8, 4) is 5.69 Å². The number of nitrogens with one attached hydrogen (secondary N) is 1. The summed E-state index contributed by atoms with van der Waals surface area (Å²) in [7, 11) is 0. The minimum atomic E-state index is -0.661. The first kappa shape index (κ1) is 15.7. The zero-order valence-electron chi connectivity index (χ0n) is 12.6. The van der Waals surface area contributed by atoms with Crippen LogP contribution in [0.4, 0.5) is 0 Å². The molecule has 0 fully saturated rings. The number of hydrogen-bond donors (Lipinski definition) is 1. The van der Waals surface area contributed by atoms with Crippen molar-refractivity contribution in [1.82, 2.24) is 20.3 Å².